The summed E-state index contributed by atoms with van der Waals surface area (Å²) >= 11 is 0. The number of nitrogens with zero attached hydrogens (tertiary/aromatic N) is 1. The molecule has 0 aliphatic heterocycles. The molecule has 0 bridgehead atoms. The Balaban J connectivity index is 2.43. The minimum absolute atomic E-state index is 0.0177. The van der Waals surface area contributed by atoms with Gasteiger partial charge in [0.25, 0.3) is 0 Å². The number of benzene rings is 1. The highest BCUT2D eigenvalue weighted by Gasteiger charge is 2.17. The summed E-state index contributed by atoms with van der Waals surface area (Å²) in [5.41, 5.74) is 1.07. The molecule has 2 amide bonds. The van der Waals surface area contributed by atoms with Gasteiger partial charge in [-0.2, -0.15) is 0 Å². The summed E-state index contributed by atoms with van der Waals surface area (Å²) in [4.78, 5) is 25.7. The van der Waals surface area contributed by atoms with Crippen molar-refractivity contribution >= 4 is 11.8 Å². The van der Waals surface area contributed by atoms with Crippen LogP contribution in [-0.4, -0.2) is 43.9 Å². The largest absolute Gasteiger partial charge is 0.353 e. The highest BCUT2D eigenvalue weighted by Crippen LogP contribution is 2.18. The molecule has 23 heavy (non-hydrogen) atoms. The third-order valence-electron chi connectivity index (χ3n) is 3.44. The first kappa shape index (κ1) is 19.2. The Bertz CT molecular complexity index is 507. The maximum Gasteiger partial charge on any atom is 0.239 e. The van der Waals surface area contributed by atoms with Crippen molar-refractivity contribution in [2.24, 2.45) is 5.41 Å². The van der Waals surface area contributed by atoms with E-state index in [1.807, 2.05) is 65.2 Å². The molecule has 5 nitrogen and oxygen atoms in total. The van der Waals surface area contributed by atoms with E-state index in [-0.39, 0.29) is 29.8 Å². The van der Waals surface area contributed by atoms with Crippen LogP contribution < -0.4 is 10.6 Å². The number of rotatable bonds is 7. The van der Waals surface area contributed by atoms with Gasteiger partial charge in [-0.25, -0.2) is 0 Å². The molecule has 0 spiro atoms. The molecule has 0 saturated heterocycles. The minimum atomic E-state index is -0.171. The molecule has 0 radical (unpaired) electrons. The molecule has 0 fully saturated rings. The number of carbonyl (C=O) groups excluding carboxylic acids is 2. The van der Waals surface area contributed by atoms with Crippen LogP contribution >= 0.6 is 0 Å². The van der Waals surface area contributed by atoms with Gasteiger partial charge in [-0.3, -0.25) is 9.59 Å². The van der Waals surface area contributed by atoms with Gasteiger partial charge in [0.1, 0.15) is 0 Å². The zero-order valence-corrected chi connectivity index (χ0v) is 14.8. The fourth-order valence-electron chi connectivity index (χ4n) is 2.27. The number of amides is 2. The smallest absolute Gasteiger partial charge is 0.239 e. The zero-order chi connectivity index (χ0) is 17.5. The minimum Gasteiger partial charge on any atom is -0.353 e. The second kappa shape index (κ2) is 8.67. The normalized spacial score (nSPS) is 12.8. The van der Waals surface area contributed by atoms with E-state index in [4.69, 9.17) is 0 Å². The maximum absolute atomic E-state index is 11.9. The van der Waals surface area contributed by atoms with Crippen LogP contribution in [0.15, 0.2) is 30.3 Å². The summed E-state index contributed by atoms with van der Waals surface area (Å²) in [5, 5.41) is 5.55. The Labute approximate surface area is 139 Å². The summed E-state index contributed by atoms with van der Waals surface area (Å²) in [6.07, 6.45) is 0.407. The van der Waals surface area contributed by atoms with Crippen molar-refractivity contribution in [3.05, 3.63) is 35.9 Å². The topological polar surface area (TPSA) is 61.4 Å². The first-order chi connectivity index (χ1) is 10.7. The molecule has 1 aromatic rings. The third-order valence-corrected chi connectivity index (χ3v) is 3.44. The Morgan fingerprint density at radius 2 is 1.65 bits per heavy atom. The Morgan fingerprint density at radius 1 is 1.04 bits per heavy atom. The molecule has 1 aromatic carbocycles. The van der Waals surface area contributed by atoms with Gasteiger partial charge in [0.2, 0.25) is 11.8 Å². The van der Waals surface area contributed by atoms with Crippen LogP contribution in [0.2, 0.25) is 0 Å². The van der Waals surface area contributed by atoms with E-state index in [1.165, 1.54) is 0 Å². The second-order valence-electron chi connectivity index (χ2n) is 7.21. The van der Waals surface area contributed by atoms with E-state index in [2.05, 4.69) is 15.5 Å². The number of hydrogen-bond acceptors (Lipinski definition) is 3. The van der Waals surface area contributed by atoms with Crippen LogP contribution in [0, 0.1) is 5.41 Å². The van der Waals surface area contributed by atoms with Crippen molar-refractivity contribution < 1.29 is 9.59 Å². The Morgan fingerprint density at radius 3 is 2.17 bits per heavy atom. The predicted molar refractivity (Wildman–Crippen MR) is 93.0 cm³/mol. The SMILES string of the molecule is CN(C)[C@@H](CNC(=O)CNC(=O)CC(C)(C)C)c1ccccc1. The van der Waals surface area contributed by atoms with Gasteiger partial charge in [-0.15, -0.1) is 0 Å². The highest BCUT2D eigenvalue weighted by atomic mass is 16.2. The molecule has 0 aliphatic carbocycles. The van der Waals surface area contributed by atoms with Crippen LogP contribution in [0.4, 0.5) is 0 Å². The lowest BCUT2D eigenvalue weighted by Crippen LogP contribution is -2.41. The lowest BCUT2D eigenvalue weighted by atomic mass is 9.92. The molecule has 1 atom stereocenters. The van der Waals surface area contributed by atoms with E-state index in [1.54, 1.807) is 0 Å². The molecule has 2 N–H and O–H groups in total. The molecule has 0 saturated carbocycles. The number of likely N-dealkylation sites (N-methyl/N-ethyl adjacent to an activating group) is 1. The first-order valence-electron chi connectivity index (χ1n) is 7.94. The van der Waals surface area contributed by atoms with Crippen LogP contribution in [-0.2, 0) is 9.59 Å². The average Bonchev–Trinajstić information content (AvgIpc) is 2.44. The highest BCUT2D eigenvalue weighted by molar-refractivity contribution is 5.84. The summed E-state index contributed by atoms with van der Waals surface area (Å²) < 4.78 is 0. The van der Waals surface area contributed by atoms with E-state index in [0.717, 1.165) is 5.56 Å². The van der Waals surface area contributed by atoms with Crippen LogP contribution in [0.5, 0.6) is 0 Å². The molecule has 1 rings (SSSR count). The molecular formula is C18H29N3O2. The standard InChI is InChI=1S/C18H29N3O2/c1-18(2,3)11-16(22)20-13-17(23)19-12-15(21(4)5)14-9-7-6-8-10-14/h6-10,15H,11-13H2,1-5H3,(H,19,23)(H,20,22)/t15-/m0/s1. The average molecular weight is 319 g/mol. The van der Waals surface area contributed by atoms with Crippen molar-refractivity contribution in [2.75, 3.05) is 27.2 Å². The van der Waals surface area contributed by atoms with Gasteiger partial charge in [-0.05, 0) is 25.1 Å². The van der Waals surface area contributed by atoms with Gasteiger partial charge >= 0.3 is 0 Å². The lowest BCUT2D eigenvalue weighted by Gasteiger charge is -2.25. The van der Waals surface area contributed by atoms with Crippen molar-refractivity contribution in [1.29, 1.82) is 0 Å². The fraction of sp³-hybridized carbons (Fsp3) is 0.556. The molecule has 0 aromatic heterocycles. The fourth-order valence-corrected chi connectivity index (χ4v) is 2.27. The number of carbonyl (C=O) groups is 2. The zero-order valence-electron chi connectivity index (χ0n) is 14.8. The van der Waals surface area contributed by atoms with E-state index >= 15 is 0 Å². The van der Waals surface area contributed by atoms with Gasteiger partial charge < -0.3 is 15.5 Å². The number of hydrogen-bond donors (Lipinski definition) is 2. The van der Waals surface area contributed by atoms with Crippen LogP contribution in [0.3, 0.4) is 0 Å². The molecule has 0 unspecified atom stereocenters. The second-order valence-corrected chi connectivity index (χ2v) is 7.21. The van der Waals surface area contributed by atoms with Gasteiger partial charge in [0.05, 0.1) is 12.6 Å². The third kappa shape index (κ3) is 7.79. The summed E-state index contributed by atoms with van der Waals surface area (Å²) in [6.45, 7) is 6.51. The van der Waals surface area contributed by atoms with Crippen LogP contribution in [0.1, 0.15) is 38.8 Å². The van der Waals surface area contributed by atoms with Crippen LogP contribution in [0.25, 0.3) is 0 Å². The Hall–Kier alpha value is -1.88. The van der Waals surface area contributed by atoms with Crippen molar-refractivity contribution in [2.45, 2.75) is 33.2 Å². The maximum atomic E-state index is 11.9. The Kier molecular flexibility index (Phi) is 7.23. The van der Waals surface area contributed by atoms with E-state index < -0.39 is 0 Å². The molecule has 128 valence electrons. The summed E-state index contributed by atoms with van der Waals surface area (Å²) in [5.74, 6) is -0.269. The van der Waals surface area contributed by atoms with Gasteiger partial charge in [0.15, 0.2) is 0 Å². The van der Waals surface area contributed by atoms with E-state index in [9.17, 15) is 9.59 Å². The van der Waals surface area contributed by atoms with E-state index in [0.29, 0.717) is 13.0 Å². The monoisotopic (exact) mass is 319 g/mol. The predicted octanol–water partition coefficient (Wildman–Crippen LogP) is 1.96. The van der Waals surface area contributed by atoms with Crippen molar-refractivity contribution in [3.63, 3.8) is 0 Å². The van der Waals surface area contributed by atoms with Crippen molar-refractivity contribution in [1.82, 2.24) is 15.5 Å². The molecule has 0 heterocycles. The summed E-state index contributed by atoms with van der Waals surface area (Å²) in [7, 11) is 3.96. The lowest BCUT2D eigenvalue weighted by molar-refractivity contribution is -0.127. The number of nitrogens with one attached hydrogen (secondary N) is 2. The van der Waals surface area contributed by atoms with Gasteiger partial charge in [0, 0.05) is 13.0 Å². The molecule has 5 heteroatoms. The first-order valence-corrected chi connectivity index (χ1v) is 7.94. The van der Waals surface area contributed by atoms with Gasteiger partial charge in [-0.1, -0.05) is 51.1 Å². The molecular weight excluding hydrogens is 290 g/mol. The molecule has 0 aliphatic rings. The quantitative estimate of drug-likeness (QED) is 0.807. The van der Waals surface area contributed by atoms with Crippen molar-refractivity contribution in [3.8, 4) is 0 Å². The summed E-state index contributed by atoms with van der Waals surface area (Å²) in [6, 6.07) is 10.1.